The van der Waals surface area contributed by atoms with Crippen LogP contribution in [0.15, 0.2) is 30.7 Å². The number of aromatic nitrogens is 3. The van der Waals surface area contributed by atoms with E-state index in [1.807, 2.05) is 31.6 Å². The van der Waals surface area contributed by atoms with Gasteiger partial charge in [-0.1, -0.05) is 0 Å². The smallest absolute Gasteiger partial charge is 0.137 e. The third-order valence-electron chi connectivity index (χ3n) is 2.45. The quantitative estimate of drug-likeness (QED) is 0.848. The molecule has 0 unspecified atom stereocenters. The van der Waals surface area contributed by atoms with Gasteiger partial charge in [0.25, 0.3) is 0 Å². The van der Waals surface area contributed by atoms with Crippen LogP contribution in [0, 0.1) is 0 Å². The van der Waals surface area contributed by atoms with E-state index in [1.54, 1.807) is 18.0 Å². The van der Waals surface area contributed by atoms with Gasteiger partial charge in [0.1, 0.15) is 11.6 Å². The van der Waals surface area contributed by atoms with Crippen molar-refractivity contribution in [3.8, 4) is 5.75 Å². The third-order valence-corrected chi connectivity index (χ3v) is 2.45. The van der Waals surface area contributed by atoms with Crippen LogP contribution in [0.2, 0.25) is 0 Å². The number of hydrogen-bond acceptors (Lipinski definition) is 4. The first-order chi connectivity index (χ1) is 8.28. The second kappa shape index (κ2) is 5.34. The van der Waals surface area contributed by atoms with E-state index in [1.165, 1.54) is 5.56 Å². The molecular formula is C12H16N4O. The van der Waals surface area contributed by atoms with Gasteiger partial charge >= 0.3 is 0 Å². The van der Waals surface area contributed by atoms with Crippen molar-refractivity contribution in [2.24, 2.45) is 7.05 Å². The summed E-state index contributed by atoms with van der Waals surface area (Å²) in [4.78, 5) is 4.23. The molecule has 0 aliphatic carbocycles. The van der Waals surface area contributed by atoms with Crippen LogP contribution in [-0.4, -0.2) is 28.4 Å². The second-order valence-corrected chi connectivity index (χ2v) is 3.78. The number of pyridine rings is 1. The van der Waals surface area contributed by atoms with Crippen LogP contribution in [0.1, 0.15) is 5.56 Å². The molecule has 90 valence electrons. The number of methoxy groups -OCH3 is 1. The maximum absolute atomic E-state index is 5.04. The Morgan fingerprint density at radius 2 is 2.24 bits per heavy atom. The van der Waals surface area contributed by atoms with E-state index in [2.05, 4.69) is 15.4 Å². The lowest BCUT2D eigenvalue weighted by molar-refractivity contribution is 0.413. The molecule has 0 saturated heterocycles. The highest BCUT2D eigenvalue weighted by molar-refractivity contribution is 5.37. The number of hydrogen-bond donors (Lipinski definition) is 1. The highest BCUT2D eigenvalue weighted by Crippen LogP contribution is 2.11. The fourth-order valence-corrected chi connectivity index (χ4v) is 1.54. The zero-order valence-corrected chi connectivity index (χ0v) is 10.1. The molecule has 0 atom stereocenters. The summed E-state index contributed by atoms with van der Waals surface area (Å²) in [5.41, 5.74) is 1.22. The van der Waals surface area contributed by atoms with Crippen molar-refractivity contribution in [1.29, 1.82) is 0 Å². The van der Waals surface area contributed by atoms with E-state index >= 15 is 0 Å². The normalized spacial score (nSPS) is 10.2. The molecule has 0 aliphatic rings. The topological polar surface area (TPSA) is 52.0 Å². The Morgan fingerprint density at radius 1 is 1.35 bits per heavy atom. The Morgan fingerprint density at radius 3 is 2.82 bits per heavy atom. The maximum Gasteiger partial charge on any atom is 0.137 e. The first-order valence-corrected chi connectivity index (χ1v) is 5.49. The fourth-order valence-electron chi connectivity index (χ4n) is 1.54. The molecule has 0 radical (unpaired) electrons. The summed E-state index contributed by atoms with van der Waals surface area (Å²) in [6.45, 7) is 0.838. The number of rotatable bonds is 5. The molecule has 2 heterocycles. The molecule has 2 aromatic heterocycles. The van der Waals surface area contributed by atoms with Crippen molar-refractivity contribution in [1.82, 2.24) is 14.8 Å². The average Bonchev–Trinajstić information content (AvgIpc) is 2.76. The zero-order chi connectivity index (χ0) is 12.1. The van der Waals surface area contributed by atoms with Crippen LogP contribution in [0.5, 0.6) is 5.75 Å². The Labute approximate surface area is 100 Å². The predicted octanol–water partition coefficient (Wildman–Crippen LogP) is 1.48. The van der Waals surface area contributed by atoms with Gasteiger partial charge in [-0.3, -0.25) is 4.68 Å². The molecule has 1 N–H and O–H groups in total. The summed E-state index contributed by atoms with van der Waals surface area (Å²) in [6, 6.07) is 3.79. The molecular weight excluding hydrogens is 216 g/mol. The van der Waals surface area contributed by atoms with Gasteiger partial charge in [-0.05, 0) is 24.1 Å². The Balaban J connectivity index is 1.81. The van der Waals surface area contributed by atoms with Crippen molar-refractivity contribution in [2.45, 2.75) is 6.42 Å². The van der Waals surface area contributed by atoms with Gasteiger partial charge in [0, 0.05) is 19.8 Å². The van der Waals surface area contributed by atoms with Gasteiger partial charge in [-0.25, -0.2) is 4.98 Å². The Bertz CT molecular complexity index is 464. The zero-order valence-electron chi connectivity index (χ0n) is 10.1. The summed E-state index contributed by atoms with van der Waals surface area (Å²) >= 11 is 0. The molecule has 0 fully saturated rings. The number of aryl methyl sites for hydroxylation is 1. The molecule has 5 heteroatoms. The predicted molar refractivity (Wildman–Crippen MR) is 66.2 cm³/mol. The first-order valence-electron chi connectivity index (χ1n) is 5.49. The van der Waals surface area contributed by atoms with E-state index in [-0.39, 0.29) is 0 Å². The second-order valence-electron chi connectivity index (χ2n) is 3.78. The molecule has 0 spiro atoms. The van der Waals surface area contributed by atoms with Gasteiger partial charge < -0.3 is 10.1 Å². The van der Waals surface area contributed by atoms with E-state index in [9.17, 15) is 0 Å². The number of nitrogens with zero attached hydrogens (tertiary/aromatic N) is 3. The fraction of sp³-hybridized carbons (Fsp3) is 0.333. The summed E-state index contributed by atoms with van der Waals surface area (Å²) in [5.74, 6) is 1.62. The molecule has 0 saturated carbocycles. The van der Waals surface area contributed by atoms with Gasteiger partial charge in [0.05, 0.1) is 19.5 Å². The van der Waals surface area contributed by atoms with Crippen LogP contribution >= 0.6 is 0 Å². The molecule has 2 aromatic rings. The Hall–Kier alpha value is -2.04. The molecule has 0 bridgehead atoms. The lowest BCUT2D eigenvalue weighted by atomic mass is 10.2. The maximum atomic E-state index is 5.04. The van der Waals surface area contributed by atoms with Gasteiger partial charge in [0.15, 0.2) is 0 Å². The molecule has 0 aromatic carbocycles. The van der Waals surface area contributed by atoms with Crippen molar-refractivity contribution in [3.05, 3.63) is 36.3 Å². The summed E-state index contributed by atoms with van der Waals surface area (Å²) < 4.78 is 6.85. The lowest BCUT2D eigenvalue weighted by Gasteiger charge is -2.05. The highest BCUT2D eigenvalue weighted by atomic mass is 16.5. The molecule has 17 heavy (non-hydrogen) atoms. The molecule has 0 aliphatic heterocycles. The summed E-state index contributed by atoms with van der Waals surface area (Å²) in [5, 5.41) is 7.37. The monoisotopic (exact) mass is 232 g/mol. The highest BCUT2D eigenvalue weighted by Gasteiger charge is 1.97. The van der Waals surface area contributed by atoms with Crippen LogP contribution in [0.25, 0.3) is 0 Å². The van der Waals surface area contributed by atoms with Crippen LogP contribution in [0.4, 0.5) is 5.82 Å². The molecule has 0 amide bonds. The number of anilines is 1. The van der Waals surface area contributed by atoms with E-state index < -0.39 is 0 Å². The van der Waals surface area contributed by atoms with Gasteiger partial charge in [0.2, 0.25) is 0 Å². The number of nitrogens with one attached hydrogen (secondary N) is 1. The van der Waals surface area contributed by atoms with Crippen LogP contribution in [0.3, 0.4) is 0 Å². The van der Waals surface area contributed by atoms with E-state index in [4.69, 9.17) is 4.74 Å². The Kier molecular flexibility index (Phi) is 3.59. The summed E-state index contributed by atoms with van der Waals surface area (Å²) in [7, 11) is 3.55. The lowest BCUT2D eigenvalue weighted by Crippen LogP contribution is -2.05. The van der Waals surface area contributed by atoms with E-state index in [0.29, 0.717) is 0 Å². The first kappa shape index (κ1) is 11.4. The van der Waals surface area contributed by atoms with Crippen molar-refractivity contribution < 1.29 is 4.74 Å². The minimum absolute atomic E-state index is 0.766. The van der Waals surface area contributed by atoms with Gasteiger partial charge in [-0.15, -0.1) is 0 Å². The minimum Gasteiger partial charge on any atom is -0.495 e. The molecule has 5 nitrogen and oxygen atoms in total. The average molecular weight is 232 g/mol. The van der Waals surface area contributed by atoms with Crippen molar-refractivity contribution in [3.63, 3.8) is 0 Å². The molecule has 2 rings (SSSR count). The van der Waals surface area contributed by atoms with Crippen molar-refractivity contribution >= 4 is 5.82 Å². The number of ether oxygens (including phenoxy) is 1. The standard InChI is InChI=1S/C12H16N4O/c1-16-9-10(7-15-16)5-6-13-12-4-3-11(17-2)8-14-12/h3-4,7-9H,5-6H2,1-2H3,(H,13,14). The largest absolute Gasteiger partial charge is 0.495 e. The van der Waals surface area contributed by atoms with Crippen molar-refractivity contribution in [2.75, 3.05) is 19.0 Å². The van der Waals surface area contributed by atoms with Gasteiger partial charge in [-0.2, -0.15) is 5.10 Å². The third kappa shape index (κ3) is 3.21. The van der Waals surface area contributed by atoms with Crippen LogP contribution in [-0.2, 0) is 13.5 Å². The van der Waals surface area contributed by atoms with Crippen LogP contribution < -0.4 is 10.1 Å². The SMILES string of the molecule is COc1ccc(NCCc2cnn(C)c2)nc1. The minimum atomic E-state index is 0.766. The van der Waals surface area contributed by atoms with E-state index in [0.717, 1.165) is 24.5 Å². The summed E-state index contributed by atoms with van der Waals surface area (Å²) in [6.07, 6.45) is 6.53.